The van der Waals surface area contributed by atoms with Crippen LogP contribution in [-0.4, -0.2) is 34.7 Å². The van der Waals surface area contributed by atoms with Gasteiger partial charge in [-0.1, -0.05) is 36.4 Å². The largest absolute Gasteiger partial charge is 0.386 e. The molecule has 0 amide bonds. The Hall–Kier alpha value is -3.50. The van der Waals surface area contributed by atoms with Gasteiger partial charge in [-0.2, -0.15) is 10.2 Å². The molecule has 2 aromatic carbocycles. The maximum atomic E-state index is 11.5. The monoisotopic (exact) mass is 512 g/mol. The van der Waals surface area contributed by atoms with E-state index in [1.807, 2.05) is 0 Å². The van der Waals surface area contributed by atoms with Crippen LogP contribution in [0.3, 0.4) is 0 Å². The number of hydrogen-bond acceptors (Lipinski definition) is 8. The van der Waals surface area contributed by atoms with Crippen LogP contribution in [0.15, 0.2) is 70.9 Å². The zero-order valence-corrected chi connectivity index (χ0v) is 20.9. The minimum Gasteiger partial charge on any atom is -0.386 e. The first kappa shape index (κ1) is 32.7. The Morgan fingerprint density at radius 1 is 0.676 bits per heavy atom. The first-order chi connectivity index (χ1) is 14.9. The molecule has 0 aliphatic heterocycles. The summed E-state index contributed by atoms with van der Waals surface area (Å²) in [6, 6.07) is 16.6. The number of rotatable bonds is 6. The molecule has 34 heavy (non-hydrogen) atoms. The molecule has 0 bridgehead atoms. The van der Waals surface area contributed by atoms with E-state index in [-0.39, 0.29) is 36.5 Å². The normalized spacial score (nSPS) is 10.5. The minimum absolute atomic E-state index is 0. The van der Waals surface area contributed by atoms with Gasteiger partial charge in [-0.25, -0.2) is 19.4 Å². The van der Waals surface area contributed by atoms with Crippen LogP contribution >= 0.6 is 24.8 Å². The van der Waals surface area contributed by atoms with Crippen LogP contribution in [-0.2, 0) is 9.78 Å². The zero-order chi connectivity index (χ0) is 24.4. The van der Waals surface area contributed by atoms with Gasteiger partial charge in [-0.05, 0) is 52.0 Å². The molecule has 0 saturated heterocycles. The van der Waals surface area contributed by atoms with Crippen molar-refractivity contribution in [1.82, 2.24) is 0 Å². The predicted molar refractivity (Wildman–Crippen MR) is 135 cm³/mol. The van der Waals surface area contributed by atoms with Crippen LogP contribution in [0.1, 0.15) is 48.4 Å². The lowest BCUT2D eigenvalue weighted by atomic mass is 10.1. The summed E-state index contributed by atoms with van der Waals surface area (Å²) in [4.78, 5) is 31.9. The lowest BCUT2D eigenvalue weighted by Gasteiger charge is -2.20. The van der Waals surface area contributed by atoms with E-state index in [4.69, 9.17) is 22.3 Å². The molecule has 0 fully saturated rings. The number of nitrogens with one attached hydrogen (secondary N) is 2. The van der Waals surface area contributed by atoms with Gasteiger partial charge in [0.1, 0.15) is 22.7 Å². The lowest BCUT2D eigenvalue weighted by molar-refractivity contribution is -0.187. The van der Waals surface area contributed by atoms with E-state index in [0.29, 0.717) is 11.1 Å². The van der Waals surface area contributed by atoms with Crippen molar-refractivity contribution >= 4 is 48.4 Å². The van der Waals surface area contributed by atoms with Crippen molar-refractivity contribution in [2.75, 3.05) is 0 Å². The molecule has 0 heterocycles. The van der Waals surface area contributed by atoms with Gasteiger partial charge in [-0.3, -0.25) is 10.8 Å². The molecule has 0 aromatic heterocycles. The second-order valence-electron chi connectivity index (χ2n) is 7.62. The summed E-state index contributed by atoms with van der Waals surface area (Å²) >= 11 is 0. The molecular formula is C22H30Cl2N6O4. The Kier molecular flexibility index (Phi) is 14.0. The van der Waals surface area contributed by atoms with E-state index in [9.17, 15) is 9.59 Å². The topological polar surface area (TPSA) is 177 Å². The number of nitrogens with zero attached hydrogens (tertiary/aromatic N) is 2. The van der Waals surface area contributed by atoms with Crippen molar-refractivity contribution in [3.63, 3.8) is 0 Å². The Morgan fingerprint density at radius 3 is 1.18 bits per heavy atom. The van der Waals surface area contributed by atoms with Gasteiger partial charge in [0.2, 0.25) is 0 Å². The fourth-order valence-corrected chi connectivity index (χ4v) is 1.68. The maximum absolute atomic E-state index is 11.5. The third-order valence-electron chi connectivity index (χ3n) is 4.08. The Labute approximate surface area is 210 Å². The maximum Gasteiger partial charge on any atom is 0.386 e. The number of azo groups is 1. The summed E-state index contributed by atoms with van der Waals surface area (Å²) in [6.45, 7) is 6.70. The highest BCUT2D eigenvalue weighted by molar-refractivity contribution is 5.92. The van der Waals surface area contributed by atoms with Gasteiger partial charge >= 0.3 is 11.9 Å². The van der Waals surface area contributed by atoms with Crippen LogP contribution in [0.25, 0.3) is 0 Å². The average molecular weight is 513 g/mol. The summed E-state index contributed by atoms with van der Waals surface area (Å²) in [5, 5.41) is 22.3. The zero-order valence-electron chi connectivity index (χ0n) is 19.3. The van der Waals surface area contributed by atoms with E-state index in [0.717, 1.165) is 0 Å². The van der Waals surface area contributed by atoms with Crippen molar-refractivity contribution in [3.8, 4) is 0 Å². The van der Waals surface area contributed by atoms with Crippen molar-refractivity contribution in [1.29, 1.82) is 10.8 Å². The smallest absolute Gasteiger partial charge is 0.386 e. The van der Waals surface area contributed by atoms with Gasteiger partial charge in [0.05, 0.1) is 11.1 Å². The summed E-state index contributed by atoms with van der Waals surface area (Å²) in [5.41, 5.74) is 9.60. The van der Waals surface area contributed by atoms with Gasteiger partial charge < -0.3 is 11.5 Å². The molecule has 0 atom stereocenters. The highest BCUT2D eigenvalue weighted by atomic mass is 35.5. The van der Waals surface area contributed by atoms with Crippen LogP contribution < -0.4 is 11.5 Å². The standard InChI is InChI=1S/C14H10O4.C8H18N6.2ClH/c15-13(11-7-3-1-4-8-11)17-18-14(16)12-9-5-2-6-10-12;1-7(2,5(9)10)13-14-8(3,4)6(11)12;;/h1-10H;1-4H3,(H3,9,10)(H3,11,12);2*1H. The van der Waals surface area contributed by atoms with E-state index in [1.165, 1.54) is 0 Å². The van der Waals surface area contributed by atoms with E-state index >= 15 is 0 Å². The van der Waals surface area contributed by atoms with E-state index in [1.54, 1.807) is 88.4 Å². The first-order valence-corrected chi connectivity index (χ1v) is 9.53. The average Bonchev–Trinajstić information content (AvgIpc) is 2.77. The highest BCUT2D eigenvalue weighted by Crippen LogP contribution is 2.15. The summed E-state index contributed by atoms with van der Waals surface area (Å²) in [7, 11) is 0. The fourth-order valence-electron chi connectivity index (χ4n) is 1.68. The molecule has 2 rings (SSSR count). The third kappa shape index (κ3) is 10.9. The number of nitrogens with two attached hydrogens (primary N) is 2. The summed E-state index contributed by atoms with van der Waals surface area (Å²) in [6.07, 6.45) is 0. The molecule has 0 saturated carbocycles. The quantitative estimate of drug-likeness (QED) is 0.147. The van der Waals surface area contributed by atoms with Crippen molar-refractivity contribution in [2.45, 2.75) is 38.8 Å². The first-order valence-electron chi connectivity index (χ1n) is 9.53. The Morgan fingerprint density at radius 2 is 0.941 bits per heavy atom. The number of halogens is 2. The number of benzene rings is 2. The van der Waals surface area contributed by atoms with Crippen LogP contribution in [0, 0.1) is 10.8 Å². The van der Waals surface area contributed by atoms with Crippen molar-refractivity contribution < 1.29 is 19.4 Å². The molecule has 0 spiro atoms. The molecule has 0 aliphatic rings. The third-order valence-corrected chi connectivity index (χ3v) is 4.08. The SMILES string of the molecule is CC(C)(N=NC(C)(C)C(=N)N)C(=N)N.Cl.Cl.O=C(OOC(=O)c1ccccc1)c1ccccc1. The number of amidine groups is 2. The highest BCUT2D eigenvalue weighted by Gasteiger charge is 2.25. The minimum atomic E-state index is -0.841. The van der Waals surface area contributed by atoms with Crippen molar-refractivity contribution in [2.24, 2.45) is 21.7 Å². The van der Waals surface area contributed by atoms with E-state index in [2.05, 4.69) is 20.0 Å². The van der Waals surface area contributed by atoms with Gasteiger partial charge in [0.25, 0.3) is 0 Å². The number of hydrogen-bond donors (Lipinski definition) is 4. The molecule has 0 unspecified atom stereocenters. The lowest BCUT2D eigenvalue weighted by Crippen LogP contribution is -2.38. The van der Waals surface area contributed by atoms with Gasteiger partial charge in [0, 0.05) is 0 Å². The Balaban J connectivity index is 0. The van der Waals surface area contributed by atoms with Crippen LogP contribution in [0.4, 0.5) is 0 Å². The molecule has 6 N–H and O–H groups in total. The molecule has 10 nitrogen and oxygen atoms in total. The molecular weight excluding hydrogens is 483 g/mol. The van der Waals surface area contributed by atoms with Crippen LogP contribution in [0.5, 0.6) is 0 Å². The van der Waals surface area contributed by atoms with Gasteiger partial charge in [0.15, 0.2) is 0 Å². The molecule has 2 aromatic rings. The second kappa shape index (κ2) is 14.6. The molecule has 0 aliphatic carbocycles. The summed E-state index contributed by atoms with van der Waals surface area (Å²) in [5.74, 6) is -1.55. The predicted octanol–water partition coefficient (Wildman–Crippen LogP) is 4.33. The molecule has 0 radical (unpaired) electrons. The Bertz CT molecular complexity index is 904. The van der Waals surface area contributed by atoms with Crippen LogP contribution in [0.2, 0.25) is 0 Å². The fraction of sp³-hybridized carbons (Fsp3) is 0.273. The summed E-state index contributed by atoms with van der Waals surface area (Å²) < 4.78 is 0. The second-order valence-corrected chi connectivity index (χ2v) is 7.62. The molecule has 12 heteroatoms. The number of carbonyl (C=O) groups excluding carboxylic acids is 2. The van der Waals surface area contributed by atoms with Crippen molar-refractivity contribution in [3.05, 3.63) is 71.8 Å². The number of carbonyl (C=O) groups is 2. The van der Waals surface area contributed by atoms with Gasteiger partial charge in [-0.15, -0.1) is 24.8 Å². The molecule has 186 valence electrons. The van der Waals surface area contributed by atoms with E-state index < -0.39 is 23.0 Å².